The number of benzene rings is 3. The highest BCUT2D eigenvalue weighted by Crippen LogP contribution is 2.33. The maximum Gasteiger partial charge on any atom is 0.416 e. The van der Waals surface area contributed by atoms with E-state index in [2.05, 4.69) is 32.9 Å². The fourth-order valence-electron chi connectivity index (χ4n) is 3.26. The molecule has 0 spiro atoms. The molecule has 3 rings (SSSR count). The smallest absolute Gasteiger partial charge is 0.416 e. The van der Waals surface area contributed by atoms with Gasteiger partial charge in [0.2, 0.25) is 0 Å². The maximum absolute atomic E-state index is 12.8. The Bertz CT molecular complexity index is 1140. The third kappa shape index (κ3) is 6.48. The van der Waals surface area contributed by atoms with E-state index in [4.69, 9.17) is 9.84 Å². The van der Waals surface area contributed by atoms with Gasteiger partial charge in [0.25, 0.3) is 0 Å². The van der Waals surface area contributed by atoms with E-state index in [1.165, 1.54) is 23.8 Å². The van der Waals surface area contributed by atoms with Gasteiger partial charge in [-0.2, -0.15) is 13.2 Å². The van der Waals surface area contributed by atoms with E-state index < -0.39 is 17.7 Å². The van der Waals surface area contributed by atoms with Crippen LogP contribution in [0.25, 0.3) is 17.2 Å². The summed E-state index contributed by atoms with van der Waals surface area (Å²) in [5.41, 5.74) is 3.23. The average Bonchev–Trinajstić information content (AvgIpc) is 2.75. The number of carboxylic acids is 1. The van der Waals surface area contributed by atoms with Crippen molar-refractivity contribution in [2.24, 2.45) is 0 Å². The molecule has 0 unspecified atom stereocenters. The largest absolute Gasteiger partial charge is 0.488 e. The molecule has 0 heterocycles. The first-order valence-corrected chi connectivity index (χ1v) is 10.4. The molecule has 0 atom stereocenters. The monoisotopic (exact) mass is 454 g/mol. The zero-order valence-electron chi connectivity index (χ0n) is 18.6. The van der Waals surface area contributed by atoms with Crippen LogP contribution in [0.15, 0.2) is 72.8 Å². The van der Waals surface area contributed by atoms with Gasteiger partial charge in [-0.15, -0.1) is 0 Å². The summed E-state index contributed by atoms with van der Waals surface area (Å²) in [6, 6.07) is 18.0. The highest BCUT2D eigenvalue weighted by molar-refractivity contribution is 5.86. The molecular formula is C27H25F3O3. The molecule has 3 nitrogen and oxygen atoms in total. The van der Waals surface area contributed by atoms with Gasteiger partial charge in [-0.05, 0) is 58.0 Å². The number of alkyl halides is 3. The van der Waals surface area contributed by atoms with Crippen LogP contribution in [0.5, 0.6) is 5.75 Å². The van der Waals surface area contributed by atoms with E-state index in [1.54, 1.807) is 18.2 Å². The van der Waals surface area contributed by atoms with Gasteiger partial charge in [0.15, 0.2) is 0 Å². The molecular weight excluding hydrogens is 429 g/mol. The summed E-state index contributed by atoms with van der Waals surface area (Å²) in [7, 11) is 0. The Morgan fingerprint density at radius 3 is 2.00 bits per heavy atom. The van der Waals surface area contributed by atoms with Crippen molar-refractivity contribution in [3.05, 3.63) is 95.1 Å². The lowest BCUT2D eigenvalue weighted by Gasteiger charge is -2.19. The minimum absolute atomic E-state index is 0.0440. The summed E-state index contributed by atoms with van der Waals surface area (Å²) in [4.78, 5) is 11.0. The van der Waals surface area contributed by atoms with Gasteiger partial charge in [0.1, 0.15) is 12.4 Å². The number of carbonyl (C=O) groups is 1. The standard InChI is InChI=1S/C27H25F3O3/c1-26(2,3)22-10-4-18(5-11-22)17-33-24-14-8-20(16-21(24)9-15-25(31)32)19-6-12-23(13-7-19)27(28,29)30/h4-16H,17H2,1-3H3,(H,31,32). The second-order valence-corrected chi connectivity index (χ2v) is 8.73. The quantitative estimate of drug-likeness (QED) is 0.396. The maximum atomic E-state index is 12.8. The lowest BCUT2D eigenvalue weighted by atomic mass is 9.87. The summed E-state index contributed by atoms with van der Waals surface area (Å²) in [5.74, 6) is -0.637. The first kappa shape index (κ1) is 24.1. The van der Waals surface area contributed by atoms with Crippen LogP contribution in [-0.4, -0.2) is 11.1 Å². The summed E-state index contributed by atoms with van der Waals surface area (Å²) in [5, 5.41) is 9.02. The highest BCUT2D eigenvalue weighted by atomic mass is 19.4. The van der Waals surface area contributed by atoms with Crippen LogP contribution in [0.3, 0.4) is 0 Å². The molecule has 0 aromatic heterocycles. The van der Waals surface area contributed by atoms with Crippen LogP contribution in [-0.2, 0) is 23.0 Å². The van der Waals surface area contributed by atoms with Crippen LogP contribution in [0, 0.1) is 0 Å². The van der Waals surface area contributed by atoms with Crippen LogP contribution >= 0.6 is 0 Å². The first-order chi connectivity index (χ1) is 15.4. The normalized spacial score (nSPS) is 12.2. The molecule has 0 radical (unpaired) electrons. The molecule has 0 saturated carbocycles. The Hall–Kier alpha value is -3.54. The van der Waals surface area contributed by atoms with Crippen molar-refractivity contribution in [2.45, 2.75) is 39.0 Å². The van der Waals surface area contributed by atoms with Crippen molar-refractivity contribution in [3.8, 4) is 16.9 Å². The Labute approximate surface area is 191 Å². The molecule has 0 aliphatic rings. The predicted molar refractivity (Wildman–Crippen MR) is 123 cm³/mol. The molecule has 3 aromatic carbocycles. The van der Waals surface area contributed by atoms with Crippen molar-refractivity contribution in [1.29, 1.82) is 0 Å². The Balaban J connectivity index is 1.85. The van der Waals surface area contributed by atoms with E-state index in [0.717, 1.165) is 23.8 Å². The molecule has 33 heavy (non-hydrogen) atoms. The highest BCUT2D eigenvalue weighted by Gasteiger charge is 2.30. The van der Waals surface area contributed by atoms with Gasteiger partial charge in [-0.25, -0.2) is 4.79 Å². The molecule has 0 aliphatic carbocycles. The summed E-state index contributed by atoms with van der Waals surface area (Å²) in [6.07, 6.45) is -2.00. The molecule has 0 amide bonds. The van der Waals surface area contributed by atoms with Crippen LogP contribution < -0.4 is 4.74 Å². The van der Waals surface area contributed by atoms with Crippen molar-refractivity contribution in [3.63, 3.8) is 0 Å². The van der Waals surface area contributed by atoms with E-state index >= 15 is 0 Å². The van der Waals surface area contributed by atoms with Gasteiger partial charge >= 0.3 is 12.1 Å². The third-order valence-corrected chi connectivity index (χ3v) is 5.18. The average molecular weight is 454 g/mol. The summed E-state index contributed by atoms with van der Waals surface area (Å²) in [6.45, 7) is 6.70. The minimum atomic E-state index is -4.41. The van der Waals surface area contributed by atoms with Gasteiger partial charge in [0.05, 0.1) is 5.56 Å². The summed E-state index contributed by atoms with van der Waals surface area (Å²) < 4.78 is 44.5. The lowest BCUT2D eigenvalue weighted by molar-refractivity contribution is -0.137. The van der Waals surface area contributed by atoms with Crippen LogP contribution in [0.4, 0.5) is 13.2 Å². The third-order valence-electron chi connectivity index (χ3n) is 5.18. The van der Waals surface area contributed by atoms with Gasteiger partial charge < -0.3 is 9.84 Å². The van der Waals surface area contributed by atoms with E-state index in [0.29, 0.717) is 22.4 Å². The second-order valence-electron chi connectivity index (χ2n) is 8.73. The zero-order valence-corrected chi connectivity index (χ0v) is 18.6. The molecule has 0 bridgehead atoms. The van der Waals surface area contributed by atoms with Gasteiger partial charge in [0, 0.05) is 11.6 Å². The number of hydrogen-bond acceptors (Lipinski definition) is 2. The topological polar surface area (TPSA) is 46.5 Å². The summed E-state index contributed by atoms with van der Waals surface area (Å²) >= 11 is 0. The van der Waals surface area contributed by atoms with Crippen LogP contribution in [0.1, 0.15) is 43.0 Å². The van der Waals surface area contributed by atoms with Gasteiger partial charge in [-0.1, -0.05) is 63.2 Å². The number of carboxylic acid groups (broad SMARTS) is 1. The molecule has 1 N–H and O–H groups in total. The van der Waals surface area contributed by atoms with E-state index in [-0.39, 0.29) is 12.0 Å². The zero-order chi connectivity index (χ0) is 24.2. The minimum Gasteiger partial charge on any atom is -0.488 e. The molecule has 3 aromatic rings. The fourth-order valence-corrected chi connectivity index (χ4v) is 3.26. The fraction of sp³-hybridized carbons (Fsp3) is 0.222. The molecule has 0 aliphatic heterocycles. The number of ether oxygens (including phenoxy) is 1. The molecule has 0 fully saturated rings. The number of hydrogen-bond donors (Lipinski definition) is 1. The molecule has 0 saturated heterocycles. The Kier molecular flexibility index (Phi) is 6.96. The van der Waals surface area contributed by atoms with Crippen molar-refractivity contribution >= 4 is 12.0 Å². The van der Waals surface area contributed by atoms with E-state index in [9.17, 15) is 18.0 Å². The number of halogens is 3. The Morgan fingerprint density at radius 1 is 0.879 bits per heavy atom. The number of rotatable bonds is 6. The first-order valence-electron chi connectivity index (χ1n) is 10.4. The SMILES string of the molecule is CC(C)(C)c1ccc(COc2ccc(-c3ccc(C(F)(F)F)cc3)cc2C=CC(=O)O)cc1. The molecule has 6 heteroatoms. The predicted octanol–water partition coefficient (Wildman–Crippen LogP) is 7.35. The van der Waals surface area contributed by atoms with Gasteiger partial charge in [-0.3, -0.25) is 0 Å². The second kappa shape index (κ2) is 9.53. The lowest BCUT2D eigenvalue weighted by Crippen LogP contribution is -2.10. The molecule has 172 valence electrons. The number of aliphatic carboxylic acids is 1. The van der Waals surface area contributed by atoms with Crippen molar-refractivity contribution < 1.29 is 27.8 Å². The van der Waals surface area contributed by atoms with Crippen LogP contribution in [0.2, 0.25) is 0 Å². The Morgan fingerprint density at radius 2 is 1.45 bits per heavy atom. The van der Waals surface area contributed by atoms with E-state index in [1.807, 2.05) is 12.1 Å². The van der Waals surface area contributed by atoms with Crippen molar-refractivity contribution in [2.75, 3.05) is 0 Å². The van der Waals surface area contributed by atoms with Crippen molar-refractivity contribution in [1.82, 2.24) is 0 Å².